The number of fused-ring (bicyclic) bond motifs is 1. The number of alkyl halides is 1. The van der Waals surface area contributed by atoms with Crippen molar-refractivity contribution in [2.75, 3.05) is 5.88 Å². The van der Waals surface area contributed by atoms with Crippen molar-refractivity contribution in [3.63, 3.8) is 0 Å². The van der Waals surface area contributed by atoms with Gasteiger partial charge in [-0.3, -0.25) is 0 Å². The molecule has 2 aromatic heterocycles. The fourth-order valence-corrected chi connectivity index (χ4v) is 2.59. The van der Waals surface area contributed by atoms with Crippen molar-refractivity contribution in [2.24, 2.45) is 0 Å². The Kier molecular flexibility index (Phi) is 2.79. The third-order valence-electron chi connectivity index (χ3n) is 3.50. The molecule has 0 aliphatic heterocycles. The summed E-state index contributed by atoms with van der Waals surface area (Å²) in [6.45, 7) is 2.05. The van der Waals surface area contributed by atoms with Crippen LogP contribution in [-0.4, -0.2) is 20.4 Å². The van der Waals surface area contributed by atoms with Gasteiger partial charge in [-0.25, -0.2) is 9.97 Å². The third kappa shape index (κ3) is 1.82. The number of halogens is 1. The van der Waals surface area contributed by atoms with Gasteiger partial charge in [0.1, 0.15) is 11.3 Å². The van der Waals surface area contributed by atoms with E-state index in [1.54, 1.807) is 0 Å². The zero-order valence-corrected chi connectivity index (χ0v) is 10.7. The average molecular weight is 250 g/mol. The zero-order valence-electron chi connectivity index (χ0n) is 9.99. The third-order valence-corrected chi connectivity index (χ3v) is 3.69. The first-order chi connectivity index (χ1) is 8.29. The molecule has 2 aromatic rings. The summed E-state index contributed by atoms with van der Waals surface area (Å²) in [5, 5.41) is 0. The minimum Gasteiger partial charge on any atom is -0.310 e. The van der Waals surface area contributed by atoms with Crippen molar-refractivity contribution in [3.8, 4) is 0 Å². The second-order valence-electron chi connectivity index (χ2n) is 4.78. The number of pyridine rings is 1. The Morgan fingerprint density at radius 3 is 2.94 bits per heavy atom. The summed E-state index contributed by atoms with van der Waals surface area (Å²) in [6, 6.07) is 2.70. The van der Waals surface area contributed by atoms with Gasteiger partial charge in [0.15, 0.2) is 5.65 Å². The van der Waals surface area contributed by atoms with Gasteiger partial charge in [-0.15, -0.1) is 11.6 Å². The van der Waals surface area contributed by atoms with E-state index in [2.05, 4.69) is 27.5 Å². The lowest BCUT2D eigenvalue weighted by atomic mass is 9.92. The fraction of sp³-hybridized carbons (Fsp3) is 0.538. The molecule has 1 aliphatic rings. The van der Waals surface area contributed by atoms with E-state index in [1.807, 2.05) is 6.20 Å². The molecule has 3 nitrogen and oxygen atoms in total. The number of hydrogen-bond acceptors (Lipinski definition) is 2. The van der Waals surface area contributed by atoms with Gasteiger partial charge in [0.2, 0.25) is 0 Å². The van der Waals surface area contributed by atoms with Gasteiger partial charge in [-0.05, 0) is 37.8 Å². The van der Waals surface area contributed by atoms with Crippen LogP contribution in [0, 0.1) is 6.92 Å². The van der Waals surface area contributed by atoms with Crippen LogP contribution < -0.4 is 0 Å². The predicted molar refractivity (Wildman–Crippen MR) is 69.6 cm³/mol. The molecule has 0 amide bonds. The SMILES string of the molecule is Cc1cnc2c(c1)nc(CCCl)n2C1CCC1. The minimum absolute atomic E-state index is 0.591. The molecule has 3 rings (SSSR count). The minimum atomic E-state index is 0.591. The van der Waals surface area contributed by atoms with Gasteiger partial charge in [0.25, 0.3) is 0 Å². The van der Waals surface area contributed by atoms with Crippen molar-refractivity contribution in [2.45, 2.75) is 38.6 Å². The standard InChI is InChI=1S/C13H16ClN3/c1-9-7-11-13(15-8-9)17(10-3-2-4-10)12(16-11)5-6-14/h7-8,10H,2-6H2,1H3. The average Bonchev–Trinajstić information content (AvgIpc) is 2.55. The second kappa shape index (κ2) is 4.30. The molecule has 17 heavy (non-hydrogen) atoms. The van der Waals surface area contributed by atoms with Crippen LogP contribution in [0.15, 0.2) is 12.3 Å². The van der Waals surface area contributed by atoms with E-state index in [-0.39, 0.29) is 0 Å². The first kappa shape index (κ1) is 11.0. The van der Waals surface area contributed by atoms with E-state index in [9.17, 15) is 0 Å². The highest BCUT2D eigenvalue weighted by Gasteiger charge is 2.24. The maximum atomic E-state index is 5.86. The van der Waals surface area contributed by atoms with Crippen LogP contribution in [0.5, 0.6) is 0 Å². The summed E-state index contributed by atoms with van der Waals surface area (Å²) in [7, 11) is 0. The van der Waals surface area contributed by atoms with Crippen molar-refractivity contribution in [1.82, 2.24) is 14.5 Å². The van der Waals surface area contributed by atoms with Crippen molar-refractivity contribution < 1.29 is 0 Å². The highest BCUT2D eigenvalue weighted by atomic mass is 35.5. The van der Waals surface area contributed by atoms with Crippen LogP contribution in [0.1, 0.15) is 36.7 Å². The summed E-state index contributed by atoms with van der Waals surface area (Å²) in [5.41, 5.74) is 3.20. The van der Waals surface area contributed by atoms with Gasteiger partial charge < -0.3 is 4.57 Å². The Hall–Kier alpha value is -1.09. The molecule has 0 N–H and O–H groups in total. The quantitative estimate of drug-likeness (QED) is 0.782. The van der Waals surface area contributed by atoms with Crippen molar-refractivity contribution in [1.29, 1.82) is 0 Å². The smallest absolute Gasteiger partial charge is 0.160 e. The van der Waals surface area contributed by atoms with Gasteiger partial charge >= 0.3 is 0 Å². The van der Waals surface area contributed by atoms with E-state index in [4.69, 9.17) is 11.6 Å². The molecule has 1 saturated carbocycles. The van der Waals surface area contributed by atoms with Crippen LogP contribution in [0.2, 0.25) is 0 Å². The molecule has 0 radical (unpaired) electrons. The molecule has 1 fully saturated rings. The first-order valence-corrected chi connectivity index (χ1v) is 6.72. The van der Waals surface area contributed by atoms with E-state index >= 15 is 0 Å². The van der Waals surface area contributed by atoms with Gasteiger partial charge in [-0.2, -0.15) is 0 Å². The molecular formula is C13H16ClN3. The summed E-state index contributed by atoms with van der Waals surface area (Å²) < 4.78 is 2.31. The molecule has 0 atom stereocenters. The highest BCUT2D eigenvalue weighted by Crippen LogP contribution is 2.35. The maximum absolute atomic E-state index is 5.86. The number of imidazole rings is 1. The Morgan fingerprint density at radius 2 is 2.29 bits per heavy atom. The second-order valence-corrected chi connectivity index (χ2v) is 5.16. The molecule has 2 heterocycles. The molecule has 0 aromatic carbocycles. The summed E-state index contributed by atoms with van der Waals surface area (Å²) >= 11 is 5.86. The molecule has 0 unspecified atom stereocenters. The fourth-order valence-electron chi connectivity index (χ4n) is 2.42. The number of nitrogens with zero attached hydrogens (tertiary/aromatic N) is 3. The largest absolute Gasteiger partial charge is 0.310 e. The molecule has 0 saturated heterocycles. The summed E-state index contributed by atoms with van der Waals surface area (Å²) in [4.78, 5) is 9.23. The molecule has 0 spiro atoms. The Balaban J connectivity index is 2.16. The normalized spacial score (nSPS) is 16.4. The van der Waals surface area contributed by atoms with Crippen LogP contribution >= 0.6 is 11.6 Å². The van der Waals surface area contributed by atoms with E-state index in [1.165, 1.54) is 19.3 Å². The first-order valence-electron chi connectivity index (χ1n) is 6.19. The number of aryl methyl sites for hydroxylation is 2. The summed E-state index contributed by atoms with van der Waals surface area (Å²) in [5.74, 6) is 1.72. The molecule has 1 aliphatic carbocycles. The Morgan fingerprint density at radius 1 is 1.47 bits per heavy atom. The van der Waals surface area contributed by atoms with Gasteiger partial charge in [-0.1, -0.05) is 0 Å². The lowest BCUT2D eigenvalue weighted by molar-refractivity contribution is 0.312. The van der Waals surface area contributed by atoms with Crippen LogP contribution in [-0.2, 0) is 6.42 Å². The zero-order chi connectivity index (χ0) is 11.8. The monoisotopic (exact) mass is 249 g/mol. The lowest BCUT2D eigenvalue weighted by Crippen LogP contribution is -2.19. The Labute approximate surface area is 106 Å². The van der Waals surface area contributed by atoms with E-state index in [0.29, 0.717) is 11.9 Å². The molecule has 0 bridgehead atoms. The van der Waals surface area contributed by atoms with E-state index < -0.39 is 0 Å². The predicted octanol–water partition coefficient (Wildman–Crippen LogP) is 3.25. The molecule has 4 heteroatoms. The highest BCUT2D eigenvalue weighted by molar-refractivity contribution is 6.17. The van der Waals surface area contributed by atoms with Crippen LogP contribution in [0.25, 0.3) is 11.2 Å². The number of rotatable bonds is 3. The topological polar surface area (TPSA) is 30.7 Å². The van der Waals surface area contributed by atoms with Crippen LogP contribution in [0.3, 0.4) is 0 Å². The number of hydrogen-bond donors (Lipinski definition) is 0. The van der Waals surface area contributed by atoms with Crippen LogP contribution in [0.4, 0.5) is 0 Å². The summed E-state index contributed by atoms with van der Waals surface area (Å²) in [6.07, 6.45) is 6.56. The number of aromatic nitrogens is 3. The van der Waals surface area contributed by atoms with Gasteiger partial charge in [0.05, 0.1) is 0 Å². The van der Waals surface area contributed by atoms with E-state index in [0.717, 1.165) is 29.0 Å². The van der Waals surface area contributed by atoms with Gasteiger partial charge in [0, 0.05) is 24.5 Å². The molecule has 90 valence electrons. The lowest BCUT2D eigenvalue weighted by Gasteiger charge is -2.28. The molecular weight excluding hydrogens is 234 g/mol. The maximum Gasteiger partial charge on any atom is 0.160 e. The van der Waals surface area contributed by atoms with Crippen molar-refractivity contribution in [3.05, 3.63) is 23.7 Å². The Bertz CT molecular complexity index is 543. The van der Waals surface area contributed by atoms with Crippen molar-refractivity contribution >= 4 is 22.8 Å².